The van der Waals surface area contributed by atoms with Crippen LogP contribution in [0, 0.1) is 30.2 Å². The van der Waals surface area contributed by atoms with Crippen LogP contribution in [0.25, 0.3) is 22.4 Å². The molecule has 4 rings (SSSR count). The number of nitrogens with zero attached hydrogens (tertiary/aromatic N) is 2. The van der Waals surface area contributed by atoms with Crippen molar-refractivity contribution in [3.8, 4) is 11.4 Å². The van der Waals surface area contributed by atoms with Gasteiger partial charge >= 0.3 is 0 Å². The predicted molar refractivity (Wildman–Crippen MR) is 95.3 cm³/mol. The maximum absolute atomic E-state index is 14.4. The highest BCUT2D eigenvalue weighted by atomic mass is 19.1. The quantitative estimate of drug-likeness (QED) is 0.428. The van der Waals surface area contributed by atoms with Gasteiger partial charge in [0.25, 0.3) is 0 Å². The van der Waals surface area contributed by atoms with Crippen LogP contribution in [0.15, 0.2) is 54.6 Å². The van der Waals surface area contributed by atoms with Crippen molar-refractivity contribution in [2.45, 2.75) is 13.5 Å². The maximum Gasteiger partial charge on any atom is 0.147 e. The minimum Gasteiger partial charge on any atom is -0.319 e. The lowest BCUT2D eigenvalue weighted by atomic mass is 10.1. The lowest BCUT2D eigenvalue weighted by Crippen LogP contribution is -2.08. The van der Waals surface area contributed by atoms with Crippen LogP contribution >= 0.6 is 0 Å². The third-order valence-corrected chi connectivity index (χ3v) is 4.47. The molecule has 0 N–H and O–H groups in total. The molecule has 0 aliphatic carbocycles. The molecule has 0 aliphatic rings. The fourth-order valence-corrected chi connectivity index (χ4v) is 3.14. The van der Waals surface area contributed by atoms with Gasteiger partial charge in [0.2, 0.25) is 0 Å². The number of halogens is 4. The van der Waals surface area contributed by atoms with Gasteiger partial charge < -0.3 is 4.57 Å². The van der Waals surface area contributed by atoms with E-state index in [-0.39, 0.29) is 23.5 Å². The Morgan fingerprint density at radius 1 is 0.815 bits per heavy atom. The van der Waals surface area contributed by atoms with Crippen LogP contribution in [0.3, 0.4) is 0 Å². The van der Waals surface area contributed by atoms with Crippen molar-refractivity contribution in [1.29, 1.82) is 0 Å². The van der Waals surface area contributed by atoms with Crippen molar-refractivity contribution >= 4 is 11.0 Å². The van der Waals surface area contributed by atoms with Crippen molar-refractivity contribution in [2.24, 2.45) is 0 Å². The number of aryl methyl sites for hydroxylation is 1. The first-order valence-corrected chi connectivity index (χ1v) is 8.30. The first kappa shape index (κ1) is 17.3. The number of hydrogen-bond donors (Lipinski definition) is 0. The minimum atomic E-state index is -0.794. The van der Waals surface area contributed by atoms with Gasteiger partial charge in [-0.1, -0.05) is 18.2 Å². The number of hydrogen-bond acceptors (Lipinski definition) is 1. The van der Waals surface area contributed by atoms with E-state index >= 15 is 0 Å². The molecule has 0 saturated carbocycles. The first-order valence-electron chi connectivity index (χ1n) is 8.30. The van der Waals surface area contributed by atoms with Crippen LogP contribution < -0.4 is 0 Å². The van der Waals surface area contributed by atoms with Gasteiger partial charge in [-0.25, -0.2) is 22.5 Å². The molecule has 136 valence electrons. The minimum absolute atomic E-state index is 0.0196. The Kier molecular flexibility index (Phi) is 4.18. The molecule has 0 saturated heterocycles. The van der Waals surface area contributed by atoms with Crippen LogP contribution in [0.5, 0.6) is 0 Å². The number of fused-ring (bicyclic) bond motifs is 1. The SMILES string of the molecule is Cc1ccc2c(c1)nc(-c1c(F)cccc1F)n2Cc1c(F)cccc1F. The molecule has 0 bridgehead atoms. The summed E-state index contributed by atoms with van der Waals surface area (Å²) in [6, 6.07) is 12.3. The van der Waals surface area contributed by atoms with E-state index in [1.807, 2.05) is 6.92 Å². The van der Waals surface area contributed by atoms with Crippen molar-refractivity contribution in [3.05, 3.63) is 89.0 Å². The Balaban J connectivity index is 2.01. The van der Waals surface area contributed by atoms with Crippen LogP contribution in [0.1, 0.15) is 11.1 Å². The Morgan fingerprint density at radius 2 is 1.41 bits per heavy atom. The molecule has 0 radical (unpaired) electrons. The smallest absolute Gasteiger partial charge is 0.147 e. The normalized spacial score (nSPS) is 11.3. The second-order valence-corrected chi connectivity index (χ2v) is 6.31. The van der Waals surface area contributed by atoms with Gasteiger partial charge in [0, 0.05) is 5.56 Å². The molecule has 4 aromatic rings. The Hall–Kier alpha value is -3.15. The highest BCUT2D eigenvalue weighted by Crippen LogP contribution is 2.31. The standard InChI is InChI=1S/C21H14F4N2/c1-12-8-9-19-18(10-12)26-21(20-16(24)6-3-7-17(20)25)27(19)11-13-14(22)4-2-5-15(13)23/h2-10H,11H2,1H3. The first-order chi connectivity index (χ1) is 13.0. The van der Waals surface area contributed by atoms with E-state index in [0.717, 1.165) is 29.8 Å². The highest BCUT2D eigenvalue weighted by Gasteiger charge is 2.21. The van der Waals surface area contributed by atoms with E-state index in [2.05, 4.69) is 4.98 Å². The Labute approximate surface area is 152 Å². The molecule has 0 amide bonds. The van der Waals surface area contributed by atoms with Crippen molar-refractivity contribution in [1.82, 2.24) is 9.55 Å². The summed E-state index contributed by atoms with van der Waals surface area (Å²) in [6.07, 6.45) is 0. The molecule has 27 heavy (non-hydrogen) atoms. The molecule has 0 spiro atoms. The molecule has 2 nitrogen and oxygen atoms in total. The van der Waals surface area contributed by atoms with Gasteiger partial charge in [0.1, 0.15) is 29.1 Å². The molecule has 1 aromatic heterocycles. The summed E-state index contributed by atoms with van der Waals surface area (Å²) in [5.41, 5.74) is 1.40. The number of imidazole rings is 1. The van der Waals surface area contributed by atoms with Crippen LogP contribution in [0.2, 0.25) is 0 Å². The third kappa shape index (κ3) is 2.97. The summed E-state index contributed by atoms with van der Waals surface area (Å²) in [5, 5.41) is 0. The van der Waals surface area contributed by atoms with Gasteiger partial charge in [-0.05, 0) is 48.9 Å². The van der Waals surface area contributed by atoms with E-state index < -0.39 is 23.3 Å². The summed E-state index contributed by atoms with van der Waals surface area (Å²) in [5.74, 6) is -3.07. The number of aromatic nitrogens is 2. The molecule has 0 unspecified atom stereocenters. The molecular weight excluding hydrogens is 356 g/mol. The zero-order chi connectivity index (χ0) is 19.1. The Morgan fingerprint density at radius 3 is 2.04 bits per heavy atom. The monoisotopic (exact) mass is 370 g/mol. The summed E-state index contributed by atoms with van der Waals surface area (Å²) in [4.78, 5) is 4.36. The molecule has 0 aliphatic heterocycles. The number of benzene rings is 3. The molecule has 6 heteroatoms. The van der Waals surface area contributed by atoms with Crippen LogP contribution in [-0.2, 0) is 6.54 Å². The lowest BCUT2D eigenvalue weighted by molar-refractivity contribution is 0.546. The fraction of sp³-hybridized carbons (Fsp3) is 0.0952. The summed E-state index contributed by atoms with van der Waals surface area (Å²) >= 11 is 0. The lowest BCUT2D eigenvalue weighted by Gasteiger charge is -2.12. The molecular formula is C21H14F4N2. The number of rotatable bonds is 3. The van der Waals surface area contributed by atoms with Crippen molar-refractivity contribution < 1.29 is 17.6 Å². The summed E-state index contributed by atoms with van der Waals surface area (Å²) in [7, 11) is 0. The molecule has 0 fully saturated rings. The molecule has 3 aromatic carbocycles. The highest BCUT2D eigenvalue weighted by molar-refractivity contribution is 5.81. The van der Waals surface area contributed by atoms with Crippen LogP contribution in [-0.4, -0.2) is 9.55 Å². The van der Waals surface area contributed by atoms with Gasteiger partial charge in [0.05, 0.1) is 23.1 Å². The Bertz CT molecular complexity index is 1120. The van der Waals surface area contributed by atoms with E-state index in [4.69, 9.17) is 0 Å². The molecule has 0 atom stereocenters. The van der Waals surface area contributed by atoms with E-state index in [0.29, 0.717) is 11.0 Å². The average Bonchev–Trinajstić information content (AvgIpc) is 2.95. The predicted octanol–water partition coefficient (Wildman–Crippen LogP) is 5.62. The zero-order valence-corrected chi connectivity index (χ0v) is 14.3. The van der Waals surface area contributed by atoms with E-state index in [1.165, 1.54) is 16.7 Å². The van der Waals surface area contributed by atoms with Crippen molar-refractivity contribution in [2.75, 3.05) is 0 Å². The van der Waals surface area contributed by atoms with Crippen LogP contribution in [0.4, 0.5) is 17.6 Å². The average molecular weight is 370 g/mol. The zero-order valence-electron chi connectivity index (χ0n) is 14.3. The van der Waals surface area contributed by atoms with Crippen molar-refractivity contribution in [3.63, 3.8) is 0 Å². The largest absolute Gasteiger partial charge is 0.319 e. The van der Waals surface area contributed by atoms with Gasteiger partial charge in [0.15, 0.2) is 0 Å². The fourth-order valence-electron chi connectivity index (χ4n) is 3.14. The molecule has 1 heterocycles. The topological polar surface area (TPSA) is 17.8 Å². The van der Waals surface area contributed by atoms with E-state index in [9.17, 15) is 17.6 Å². The third-order valence-electron chi connectivity index (χ3n) is 4.47. The summed E-state index contributed by atoms with van der Waals surface area (Å²) < 4.78 is 58.5. The summed E-state index contributed by atoms with van der Waals surface area (Å²) in [6.45, 7) is 1.61. The van der Waals surface area contributed by atoms with Gasteiger partial charge in [-0.15, -0.1) is 0 Å². The second-order valence-electron chi connectivity index (χ2n) is 6.31. The maximum atomic E-state index is 14.4. The van der Waals surface area contributed by atoms with Gasteiger partial charge in [-0.3, -0.25) is 0 Å². The van der Waals surface area contributed by atoms with Gasteiger partial charge in [-0.2, -0.15) is 0 Å². The second kappa shape index (κ2) is 6.54. The van der Waals surface area contributed by atoms with E-state index in [1.54, 1.807) is 18.2 Å².